The van der Waals surface area contributed by atoms with Crippen LogP contribution in [0.3, 0.4) is 0 Å². The lowest BCUT2D eigenvalue weighted by atomic mass is 10.2. The normalized spacial score (nSPS) is 12.9. The third-order valence-corrected chi connectivity index (χ3v) is 4.34. The summed E-state index contributed by atoms with van der Waals surface area (Å²) in [4.78, 5) is 5.26. The number of nitrogens with zero attached hydrogens (tertiary/aromatic N) is 2. The lowest BCUT2D eigenvalue weighted by Crippen LogP contribution is -1.97. The number of imidazole rings is 1. The highest BCUT2D eigenvalue weighted by molar-refractivity contribution is 7.99. The molecule has 0 saturated heterocycles. The minimum atomic E-state index is -0.340. The van der Waals surface area contributed by atoms with Crippen molar-refractivity contribution in [2.24, 2.45) is 7.05 Å². The molecule has 2 heterocycles. The Labute approximate surface area is 103 Å². The molecule has 3 nitrogen and oxygen atoms in total. The molecule has 16 heavy (non-hydrogen) atoms. The smallest absolute Gasteiger partial charge is 0.167 e. The van der Waals surface area contributed by atoms with Crippen molar-refractivity contribution in [3.8, 4) is 0 Å². The van der Waals surface area contributed by atoms with Crippen LogP contribution in [-0.2, 0) is 7.05 Å². The Kier molecular flexibility index (Phi) is 4.04. The summed E-state index contributed by atoms with van der Waals surface area (Å²) < 4.78 is 1.99. The van der Waals surface area contributed by atoms with Gasteiger partial charge in [-0.05, 0) is 17.9 Å². The summed E-state index contributed by atoms with van der Waals surface area (Å²) in [5.74, 6) is 0.879. The summed E-state index contributed by atoms with van der Waals surface area (Å²) in [6, 6.07) is 3.94. The second-order valence-electron chi connectivity index (χ2n) is 3.49. The first-order valence-corrected chi connectivity index (χ1v) is 6.95. The highest BCUT2D eigenvalue weighted by Gasteiger charge is 2.09. The fourth-order valence-corrected chi connectivity index (χ4v) is 3.05. The molecule has 0 amide bonds. The van der Waals surface area contributed by atoms with Crippen LogP contribution in [-0.4, -0.2) is 20.4 Å². The zero-order chi connectivity index (χ0) is 11.4. The largest absolute Gasteiger partial charge is 0.388 e. The van der Waals surface area contributed by atoms with Crippen molar-refractivity contribution < 1.29 is 5.11 Å². The van der Waals surface area contributed by atoms with E-state index in [1.165, 1.54) is 0 Å². The van der Waals surface area contributed by atoms with E-state index in [1.807, 2.05) is 35.3 Å². The minimum absolute atomic E-state index is 0.340. The molecule has 0 aliphatic rings. The average Bonchev–Trinajstić information content (AvgIpc) is 2.90. The lowest BCUT2D eigenvalue weighted by Gasteiger charge is -2.07. The first-order valence-electron chi connectivity index (χ1n) is 5.09. The number of thioether (sulfide) groups is 1. The van der Waals surface area contributed by atoms with Gasteiger partial charge in [0.1, 0.15) is 0 Å². The summed E-state index contributed by atoms with van der Waals surface area (Å²) in [5.41, 5.74) is 0. The van der Waals surface area contributed by atoms with Gasteiger partial charge in [-0.3, -0.25) is 0 Å². The SMILES string of the molecule is Cn1ccnc1SCCC(O)c1cccs1. The summed E-state index contributed by atoms with van der Waals surface area (Å²) in [5, 5.41) is 12.9. The summed E-state index contributed by atoms with van der Waals surface area (Å²) >= 11 is 3.28. The Hall–Kier alpha value is -0.780. The Morgan fingerprint density at radius 3 is 3.12 bits per heavy atom. The summed E-state index contributed by atoms with van der Waals surface area (Å²) in [6.45, 7) is 0. The van der Waals surface area contributed by atoms with Crippen molar-refractivity contribution in [3.63, 3.8) is 0 Å². The standard InChI is InChI=1S/C11H14N2OS2/c1-13-6-5-12-11(13)16-8-4-9(14)10-3-2-7-15-10/h2-3,5-7,9,14H,4,8H2,1H3. The second kappa shape index (κ2) is 5.52. The fourth-order valence-electron chi connectivity index (χ4n) is 1.38. The Bertz CT molecular complexity index is 425. The van der Waals surface area contributed by atoms with E-state index >= 15 is 0 Å². The van der Waals surface area contributed by atoms with Gasteiger partial charge in [-0.15, -0.1) is 11.3 Å². The summed E-state index contributed by atoms with van der Waals surface area (Å²) in [7, 11) is 1.98. The molecule has 2 rings (SSSR count). The molecule has 0 aliphatic heterocycles. The number of hydrogen-bond donors (Lipinski definition) is 1. The van der Waals surface area contributed by atoms with Gasteiger partial charge in [0.05, 0.1) is 6.10 Å². The zero-order valence-corrected chi connectivity index (χ0v) is 10.7. The number of rotatable bonds is 5. The fraction of sp³-hybridized carbons (Fsp3) is 0.364. The Morgan fingerprint density at radius 1 is 1.62 bits per heavy atom. The van der Waals surface area contributed by atoms with Crippen LogP contribution in [0.25, 0.3) is 0 Å². The van der Waals surface area contributed by atoms with E-state index in [9.17, 15) is 5.11 Å². The summed E-state index contributed by atoms with van der Waals surface area (Å²) in [6.07, 6.45) is 4.14. The zero-order valence-electron chi connectivity index (χ0n) is 9.04. The van der Waals surface area contributed by atoms with Gasteiger partial charge in [-0.2, -0.15) is 0 Å². The van der Waals surface area contributed by atoms with Gasteiger partial charge in [0, 0.05) is 30.1 Å². The molecule has 0 aliphatic carbocycles. The molecule has 2 aromatic rings. The van der Waals surface area contributed by atoms with Gasteiger partial charge < -0.3 is 9.67 Å². The van der Waals surface area contributed by atoms with Crippen molar-refractivity contribution in [1.82, 2.24) is 9.55 Å². The van der Waals surface area contributed by atoms with Gasteiger partial charge >= 0.3 is 0 Å². The molecule has 0 saturated carbocycles. The predicted molar refractivity (Wildman–Crippen MR) is 67.8 cm³/mol. The van der Waals surface area contributed by atoms with E-state index in [0.29, 0.717) is 0 Å². The topological polar surface area (TPSA) is 38.0 Å². The molecule has 5 heteroatoms. The molecule has 2 aromatic heterocycles. The first-order chi connectivity index (χ1) is 7.77. The van der Waals surface area contributed by atoms with Gasteiger partial charge in [0.15, 0.2) is 5.16 Å². The monoisotopic (exact) mass is 254 g/mol. The number of aliphatic hydroxyl groups is 1. The molecule has 1 N–H and O–H groups in total. The van der Waals surface area contributed by atoms with Crippen LogP contribution < -0.4 is 0 Å². The van der Waals surface area contributed by atoms with Crippen LogP contribution in [0.5, 0.6) is 0 Å². The average molecular weight is 254 g/mol. The third-order valence-electron chi connectivity index (χ3n) is 2.27. The first kappa shape index (κ1) is 11.7. The van der Waals surface area contributed by atoms with E-state index in [-0.39, 0.29) is 6.10 Å². The Balaban J connectivity index is 1.78. The van der Waals surface area contributed by atoms with Crippen molar-refractivity contribution in [1.29, 1.82) is 0 Å². The maximum absolute atomic E-state index is 9.88. The molecule has 1 atom stereocenters. The maximum Gasteiger partial charge on any atom is 0.167 e. The Morgan fingerprint density at radius 2 is 2.50 bits per heavy atom. The van der Waals surface area contributed by atoms with E-state index in [2.05, 4.69) is 4.98 Å². The van der Waals surface area contributed by atoms with Gasteiger partial charge in [0.25, 0.3) is 0 Å². The predicted octanol–water partition coefficient (Wildman–Crippen LogP) is 2.70. The van der Waals surface area contributed by atoms with Gasteiger partial charge in [0.2, 0.25) is 0 Å². The lowest BCUT2D eigenvalue weighted by molar-refractivity contribution is 0.179. The molecule has 0 aromatic carbocycles. The molecule has 0 radical (unpaired) electrons. The van der Waals surface area contributed by atoms with Crippen LogP contribution >= 0.6 is 23.1 Å². The molecular formula is C11H14N2OS2. The van der Waals surface area contributed by atoms with Crippen molar-refractivity contribution in [2.45, 2.75) is 17.7 Å². The third kappa shape index (κ3) is 2.87. The number of aliphatic hydroxyl groups excluding tert-OH is 1. The number of aromatic nitrogens is 2. The second-order valence-corrected chi connectivity index (χ2v) is 5.53. The quantitative estimate of drug-likeness (QED) is 0.834. The highest BCUT2D eigenvalue weighted by Crippen LogP contribution is 2.25. The van der Waals surface area contributed by atoms with Crippen molar-refractivity contribution in [2.75, 3.05) is 5.75 Å². The van der Waals surface area contributed by atoms with E-state index in [0.717, 1.165) is 22.2 Å². The van der Waals surface area contributed by atoms with Gasteiger partial charge in [-0.1, -0.05) is 17.8 Å². The molecular weight excluding hydrogens is 240 g/mol. The number of hydrogen-bond acceptors (Lipinski definition) is 4. The van der Waals surface area contributed by atoms with Crippen LogP contribution in [0.1, 0.15) is 17.4 Å². The minimum Gasteiger partial charge on any atom is -0.388 e. The van der Waals surface area contributed by atoms with Crippen molar-refractivity contribution >= 4 is 23.1 Å². The van der Waals surface area contributed by atoms with E-state index in [4.69, 9.17) is 0 Å². The van der Waals surface area contributed by atoms with Crippen molar-refractivity contribution in [3.05, 3.63) is 34.8 Å². The van der Waals surface area contributed by atoms with Gasteiger partial charge in [-0.25, -0.2) is 4.98 Å². The molecule has 0 bridgehead atoms. The molecule has 0 fully saturated rings. The van der Waals surface area contributed by atoms with Crippen LogP contribution in [0.4, 0.5) is 0 Å². The van der Waals surface area contributed by atoms with Crippen LogP contribution in [0.2, 0.25) is 0 Å². The maximum atomic E-state index is 9.88. The molecule has 0 spiro atoms. The molecule has 1 unspecified atom stereocenters. The number of thiophene rings is 1. The van der Waals surface area contributed by atoms with Crippen LogP contribution in [0.15, 0.2) is 35.1 Å². The highest BCUT2D eigenvalue weighted by atomic mass is 32.2. The van der Waals surface area contributed by atoms with E-state index < -0.39 is 0 Å². The van der Waals surface area contributed by atoms with Crippen LogP contribution in [0, 0.1) is 0 Å². The number of aryl methyl sites for hydroxylation is 1. The molecule has 86 valence electrons. The van der Waals surface area contributed by atoms with E-state index in [1.54, 1.807) is 29.3 Å².